The second-order valence-corrected chi connectivity index (χ2v) is 3.78. The Balaban J connectivity index is 2.48. The molecule has 0 radical (unpaired) electrons. The summed E-state index contributed by atoms with van der Waals surface area (Å²) in [6.45, 7) is 2.02. The highest BCUT2D eigenvalue weighted by Crippen LogP contribution is 2.15. The minimum absolute atomic E-state index is 0.426. The lowest BCUT2D eigenvalue weighted by molar-refractivity contribution is 1.04. The Morgan fingerprint density at radius 3 is 2.80 bits per heavy atom. The van der Waals surface area contributed by atoms with Gasteiger partial charge in [0, 0.05) is 23.6 Å². The Morgan fingerprint density at radius 1 is 1.47 bits per heavy atom. The van der Waals surface area contributed by atoms with Crippen molar-refractivity contribution in [1.82, 2.24) is 9.55 Å². The topological polar surface area (TPSA) is 43.8 Å². The molecule has 4 heteroatoms. The molecule has 15 heavy (non-hydrogen) atoms. The first-order chi connectivity index (χ1) is 7.18. The number of rotatable bonds is 2. The van der Waals surface area contributed by atoms with Crippen LogP contribution < -0.4 is 5.73 Å². The Labute approximate surface area is 93.6 Å². The van der Waals surface area contributed by atoms with Gasteiger partial charge in [0.05, 0.1) is 6.33 Å². The number of aryl methyl sites for hydroxylation is 1. The average Bonchev–Trinajstić information content (AvgIpc) is 2.70. The van der Waals surface area contributed by atoms with E-state index in [4.69, 9.17) is 18.0 Å². The van der Waals surface area contributed by atoms with Crippen LogP contribution in [0.4, 0.5) is 0 Å². The second kappa shape index (κ2) is 3.82. The minimum atomic E-state index is 0.426. The molecule has 1 aromatic heterocycles. The van der Waals surface area contributed by atoms with E-state index in [0.29, 0.717) is 4.99 Å². The maximum absolute atomic E-state index is 5.56. The van der Waals surface area contributed by atoms with Gasteiger partial charge < -0.3 is 10.3 Å². The van der Waals surface area contributed by atoms with Crippen LogP contribution in [-0.2, 0) is 0 Å². The summed E-state index contributed by atoms with van der Waals surface area (Å²) in [6.07, 6.45) is 5.42. The molecule has 0 fully saturated rings. The summed E-state index contributed by atoms with van der Waals surface area (Å²) in [6, 6.07) is 5.90. The molecule has 0 bridgehead atoms. The smallest absolute Gasteiger partial charge is 0.103 e. The highest BCUT2D eigenvalue weighted by molar-refractivity contribution is 7.80. The highest BCUT2D eigenvalue weighted by Gasteiger charge is 2.02. The quantitative estimate of drug-likeness (QED) is 0.780. The van der Waals surface area contributed by atoms with Crippen molar-refractivity contribution in [2.24, 2.45) is 5.73 Å². The molecule has 1 heterocycles. The van der Waals surface area contributed by atoms with Gasteiger partial charge in [0.1, 0.15) is 4.99 Å². The molecule has 0 aliphatic carbocycles. The normalized spacial score (nSPS) is 10.2. The molecule has 2 N–H and O–H groups in total. The summed E-state index contributed by atoms with van der Waals surface area (Å²) in [5, 5.41) is 0. The first kappa shape index (κ1) is 9.86. The van der Waals surface area contributed by atoms with Gasteiger partial charge in [-0.05, 0) is 30.7 Å². The fraction of sp³-hybridized carbons (Fsp3) is 0.0909. The number of nitrogens with two attached hydrogens (primary N) is 1. The molecular formula is C11H11N3S. The lowest BCUT2D eigenvalue weighted by atomic mass is 10.1. The van der Waals surface area contributed by atoms with Crippen LogP contribution in [-0.4, -0.2) is 14.5 Å². The van der Waals surface area contributed by atoms with Crippen LogP contribution in [0.3, 0.4) is 0 Å². The van der Waals surface area contributed by atoms with Gasteiger partial charge in [-0.25, -0.2) is 4.98 Å². The molecule has 0 aliphatic rings. The van der Waals surface area contributed by atoms with E-state index in [-0.39, 0.29) is 0 Å². The molecule has 0 aliphatic heterocycles. The Morgan fingerprint density at radius 2 is 2.27 bits per heavy atom. The van der Waals surface area contributed by atoms with Gasteiger partial charge >= 0.3 is 0 Å². The van der Waals surface area contributed by atoms with Gasteiger partial charge in [-0.2, -0.15) is 0 Å². The van der Waals surface area contributed by atoms with Crippen molar-refractivity contribution >= 4 is 17.2 Å². The number of hydrogen-bond donors (Lipinski definition) is 1. The van der Waals surface area contributed by atoms with Gasteiger partial charge in [0.15, 0.2) is 0 Å². The lowest BCUT2D eigenvalue weighted by Crippen LogP contribution is -2.09. The van der Waals surface area contributed by atoms with Gasteiger partial charge in [-0.15, -0.1) is 0 Å². The number of aromatic nitrogens is 2. The van der Waals surface area contributed by atoms with E-state index in [9.17, 15) is 0 Å². The molecule has 2 rings (SSSR count). The van der Waals surface area contributed by atoms with Gasteiger partial charge in [-0.1, -0.05) is 12.2 Å². The summed E-state index contributed by atoms with van der Waals surface area (Å²) in [5.74, 6) is 0. The van der Waals surface area contributed by atoms with Gasteiger partial charge in [0.2, 0.25) is 0 Å². The first-order valence-corrected chi connectivity index (χ1v) is 4.98. The summed E-state index contributed by atoms with van der Waals surface area (Å²) in [7, 11) is 0. The predicted molar refractivity (Wildman–Crippen MR) is 64.2 cm³/mol. The van der Waals surface area contributed by atoms with Crippen molar-refractivity contribution in [3.8, 4) is 5.69 Å². The third-order valence-corrected chi connectivity index (χ3v) is 2.50. The lowest BCUT2D eigenvalue weighted by Gasteiger charge is -2.08. The van der Waals surface area contributed by atoms with Crippen LogP contribution in [0.5, 0.6) is 0 Å². The van der Waals surface area contributed by atoms with Crippen molar-refractivity contribution in [1.29, 1.82) is 0 Å². The van der Waals surface area contributed by atoms with Crippen molar-refractivity contribution in [2.75, 3.05) is 0 Å². The van der Waals surface area contributed by atoms with Crippen LogP contribution in [0.25, 0.3) is 5.69 Å². The standard InChI is InChI=1S/C11H11N3S/c1-8-6-9(11(12)15)2-3-10(8)14-5-4-13-7-14/h2-7H,1H3,(H2,12,15). The molecule has 76 valence electrons. The molecule has 0 saturated carbocycles. The maximum Gasteiger partial charge on any atom is 0.103 e. The van der Waals surface area contributed by atoms with Crippen molar-refractivity contribution in [3.05, 3.63) is 48.0 Å². The zero-order chi connectivity index (χ0) is 10.8. The third kappa shape index (κ3) is 1.89. The van der Waals surface area contributed by atoms with E-state index in [1.807, 2.05) is 35.9 Å². The number of hydrogen-bond acceptors (Lipinski definition) is 2. The van der Waals surface area contributed by atoms with E-state index in [1.165, 1.54) is 0 Å². The second-order valence-electron chi connectivity index (χ2n) is 3.34. The molecule has 0 spiro atoms. The largest absolute Gasteiger partial charge is 0.389 e. The monoisotopic (exact) mass is 217 g/mol. The third-order valence-electron chi connectivity index (χ3n) is 2.26. The first-order valence-electron chi connectivity index (χ1n) is 4.57. The van der Waals surface area contributed by atoms with Crippen LogP contribution in [0.2, 0.25) is 0 Å². The zero-order valence-electron chi connectivity index (χ0n) is 8.34. The Kier molecular flexibility index (Phi) is 2.51. The van der Waals surface area contributed by atoms with Crippen molar-refractivity contribution < 1.29 is 0 Å². The van der Waals surface area contributed by atoms with E-state index >= 15 is 0 Å². The van der Waals surface area contributed by atoms with Gasteiger partial charge in [-0.3, -0.25) is 0 Å². The van der Waals surface area contributed by atoms with E-state index in [1.54, 1.807) is 12.5 Å². The predicted octanol–water partition coefficient (Wildman–Crippen LogP) is 1.81. The Hall–Kier alpha value is -1.68. The van der Waals surface area contributed by atoms with Crippen LogP contribution in [0.15, 0.2) is 36.9 Å². The molecule has 1 aromatic carbocycles. The van der Waals surface area contributed by atoms with Crippen molar-refractivity contribution in [2.45, 2.75) is 6.92 Å². The molecule has 0 unspecified atom stereocenters. The summed E-state index contributed by atoms with van der Waals surface area (Å²) in [4.78, 5) is 4.44. The molecular weight excluding hydrogens is 206 g/mol. The highest BCUT2D eigenvalue weighted by atomic mass is 32.1. The average molecular weight is 217 g/mol. The summed E-state index contributed by atoms with van der Waals surface area (Å²) >= 11 is 4.92. The summed E-state index contributed by atoms with van der Waals surface area (Å²) < 4.78 is 1.96. The van der Waals surface area contributed by atoms with E-state index in [2.05, 4.69) is 4.98 Å². The fourth-order valence-electron chi connectivity index (χ4n) is 1.50. The number of thiocarbonyl (C=S) groups is 1. The minimum Gasteiger partial charge on any atom is -0.389 e. The molecule has 0 atom stereocenters. The van der Waals surface area contributed by atoms with Crippen molar-refractivity contribution in [3.63, 3.8) is 0 Å². The van der Waals surface area contributed by atoms with E-state index < -0.39 is 0 Å². The SMILES string of the molecule is Cc1cc(C(N)=S)ccc1-n1ccnc1. The maximum atomic E-state index is 5.56. The molecule has 2 aromatic rings. The number of benzene rings is 1. The van der Waals surface area contributed by atoms with E-state index in [0.717, 1.165) is 16.8 Å². The molecule has 3 nitrogen and oxygen atoms in total. The van der Waals surface area contributed by atoms with Crippen LogP contribution in [0.1, 0.15) is 11.1 Å². The van der Waals surface area contributed by atoms with Crippen LogP contribution in [0, 0.1) is 6.92 Å². The fourth-order valence-corrected chi connectivity index (χ4v) is 1.63. The van der Waals surface area contributed by atoms with Gasteiger partial charge in [0.25, 0.3) is 0 Å². The zero-order valence-corrected chi connectivity index (χ0v) is 9.16. The molecule has 0 saturated heterocycles. The Bertz CT molecular complexity index is 489. The number of imidazole rings is 1. The number of nitrogens with zero attached hydrogens (tertiary/aromatic N) is 2. The van der Waals surface area contributed by atoms with Crippen LogP contribution >= 0.6 is 12.2 Å². The molecule has 0 amide bonds. The summed E-state index contributed by atoms with van der Waals surface area (Å²) in [5.41, 5.74) is 8.67.